The molecular weight excluding hydrogens is 480 g/mol. The van der Waals surface area contributed by atoms with Crippen LogP contribution in [0, 0.1) is 5.41 Å². The fourth-order valence-corrected chi connectivity index (χ4v) is 4.29. The number of para-hydroxylation sites is 2. The Labute approximate surface area is 208 Å². The largest absolute Gasteiger partial charge is 0.383 e. The van der Waals surface area contributed by atoms with Gasteiger partial charge in [0.25, 0.3) is 10.1 Å². The average molecular weight is 505 g/mol. The Kier molecular flexibility index (Phi) is 8.97. The number of anilines is 1. The van der Waals surface area contributed by atoms with Gasteiger partial charge in [-0.1, -0.05) is 60.7 Å². The number of aromatic nitrogens is 1. The lowest BCUT2D eigenvalue weighted by Crippen LogP contribution is -2.13. The number of hydrogen-bond acceptors (Lipinski definition) is 7. The number of rotatable bonds is 4. The van der Waals surface area contributed by atoms with Crippen LogP contribution in [-0.4, -0.2) is 36.2 Å². The van der Waals surface area contributed by atoms with Crippen LogP contribution in [0.1, 0.15) is 0 Å². The van der Waals surface area contributed by atoms with Gasteiger partial charge in [-0.15, -0.1) is 0 Å². The predicted molar refractivity (Wildman–Crippen MR) is 146 cm³/mol. The Hall–Kier alpha value is -3.72. The Morgan fingerprint density at radius 2 is 1.43 bits per heavy atom. The van der Waals surface area contributed by atoms with Gasteiger partial charge in [0.05, 0.1) is 16.2 Å². The van der Waals surface area contributed by atoms with Crippen molar-refractivity contribution >= 4 is 65.8 Å². The van der Waals surface area contributed by atoms with Crippen LogP contribution in [0.15, 0.2) is 95.9 Å². The summed E-state index contributed by atoms with van der Waals surface area (Å²) in [5, 5.41) is 14.1. The van der Waals surface area contributed by atoms with Gasteiger partial charge in [0.2, 0.25) is 0 Å². The zero-order valence-electron chi connectivity index (χ0n) is 18.7. The molecule has 5 rings (SSSR count). The van der Waals surface area contributed by atoms with E-state index in [2.05, 4.69) is 40.7 Å². The van der Waals surface area contributed by atoms with Crippen LogP contribution >= 0.6 is 12.2 Å². The summed E-state index contributed by atoms with van der Waals surface area (Å²) >= 11 is 3.81. The second-order valence-corrected chi connectivity index (χ2v) is 8.92. The van der Waals surface area contributed by atoms with E-state index < -0.39 is 10.1 Å². The Morgan fingerprint density at radius 1 is 0.886 bits per heavy atom. The molecule has 178 valence electrons. The van der Waals surface area contributed by atoms with Crippen LogP contribution < -0.4 is 11.1 Å². The summed E-state index contributed by atoms with van der Waals surface area (Å²) in [6.07, 6.45) is 0. The average Bonchev–Trinajstić information content (AvgIpc) is 2.86. The smallest absolute Gasteiger partial charge is 0.295 e. The topological polar surface area (TPSA) is 129 Å². The Balaban J connectivity index is 0.000000180. The van der Waals surface area contributed by atoms with Crippen molar-refractivity contribution < 1.29 is 13.0 Å². The third kappa shape index (κ3) is 6.66. The van der Waals surface area contributed by atoms with Gasteiger partial charge in [-0.3, -0.25) is 4.55 Å². The number of nitrogens with one attached hydrogen (secondary N) is 2. The third-order valence-corrected chi connectivity index (χ3v) is 5.96. The molecule has 0 saturated carbocycles. The first kappa shape index (κ1) is 25.9. The summed E-state index contributed by atoms with van der Waals surface area (Å²) in [5.74, 6) is 0. The lowest BCUT2D eigenvalue weighted by atomic mass is 10.1. The summed E-state index contributed by atoms with van der Waals surface area (Å²) in [7, 11) is -4.22. The number of benzene rings is 4. The zero-order chi connectivity index (χ0) is 25.3. The number of pyridine rings is 1. The molecule has 5 aromatic rings. The molecule has 0 bridgehead atoms. The van der Waals surface area contributed by atoms with E-state index in [1.54, 1.807) is 29.4 Å². The molecule has 0 saturated heterocycles. The van der Waals surface area contributed by atoms with Gasteiger partial charge < -0.3 is 11.1 Å². The first-order valence-electron chi connectivity index (χ1n) is 10.6. The quantitative estimate of drug-likeness (QED) is 0.110. The van der Waals surface area contributed by atoms with Crippen LogP contribution in [0.2, 0.25) is 0 Å². The van der Waals surface area contributed by atoms with Crippen molar-refractivity contribution in [2.45, 2.75) is 4.90 Å². The van der Waals surface area contributed by atoms with Gasteiger partial charge in [-0.2, -0.15) is 8.42 Å². The highest BCUT2D eigenvalue weighted by molar-refractivity contribution is 7.86. The van der Waals surface area contributed by atoms with Gasteiger partial charge in [0.15, 0.2) is 0 Å². The lowest BCUT2D eigenvalue weighted by molar-refractivity contribution is 0.484. The fourth-order valence-electron chi connectivity index (χ4n) is 3.59. The minimum atomic E-state index is -4.22. The van der Waals surface area contributed by atoms with Gasteiger partial charge in [0, 0.05) is 40.3 Å². The molecule has 1 heterocycles. The molecule has 4 aromatic carbocycles. The van der Waals surface area contributed by atoms with Gasteiger partial charge >= 0.3 is 0 Å². The highest BCUT2D eigenvalue weighted by Crippen LogP contribution is 2.28. The zero-order valence-corrected chi connectivity index (χ0v) is 20.3. The van der Waals surface area contributed by atoms with E-state index in [0.717, 1.165) is 22.1 Å². The second kappa shape index (κ2) is 12.1. The number of fused-ring (bicyclic) bond motifs is 3. The highest BCUT2D eigenvalue weighted by Gasteiger charge is 2.14. The van der Waals surface area contributed by atoms with Crippen molar-refractivity contribution in [2.75, 3.05) is 18.4 Å². The molecule has 35 heavy (non-hydrogen) atoms. The van der Waals surface area contributed by atoms with E-state index in [9.17, 15) is 13.0 Å². The molecule has 0 aliphatic carbocycles. The summed E-state index contributed by atoms with van der Waals surface area (Å²) in [6, 6.07) is 28.6. The van der Waals surface area contributed by atoms with Crippen molar-refractivity contribution in [3.63, 3.8) is 0 Å². The summed E-state index contributed by atoms with van der Waals surface area (Å²) in [5.41, 5.74) is 8.34. The van der Waals surface area contributed by atoms with Crippen LogP contribution in [0.4, 0.5) is 5.69 Å². The van der Waals surface area contributed by atoms with E-state index in [1.807, 2.05) is 42.5 Å². The van der Waals surface area contributed by atoms with Crippen LogP contribution in [0.25, 0.3) is 32.6 Å². The van der Waals surface area contributed by atoms with Crippen molar-refractivity contribution in [1.82, 2.24) is 4.98 Å². The normalized spacial score (nSPS) is 10.6. The van der Waals surface area contributed by atoms with Crippen molar-refractivity contribution in [3.05, 3.63) is 91.0 Å². The molecule has 1 aromatic heterocycles. The monoisotopic (exact) mass is 504 g/mol. The van der Waals surface area contributed by atoms with Gasteiger partial charge in [-0.05, 0) is 42.5 Å². The molecule has 0 fully saturated rings. The standard InChI is InChI=1S/C13H9N.C12H14N2O3S.CHNS/c1-3-7-12-10(5-1)9-11-6-2-4-8-13(11)14-12;13-7-8-14-11-5-1-4-10-9(11)3-2-6-12(10)18(15,16)17;2-1-3/h1-9H;1-6,14H,7-8,13H2,(H,15,16,17);2H. The van der Waals surface area contributed by atoms with Crippen LogP contribution in [0.5, 0.6) is 0 Å². The number of isothiocyanates is 1. The van der Waals surface area contributed by atoms with Crippen molar-refractivity contribution in [2.24, 2.45) is 5.73 Å². The molecule has 0 amide bonds. The molecule has 0 atom stereocenters. The van der Waals surface area contributed by atoms with Crippen LogP contribution in [0.3, 0.4) is 0 Å². The number of thiocarbonyl (C=S) groups is 1. The van der Waals surface area contributed by atoms with E-state index in [-0.39, 0.29) is 4.90 Å². The predicted octanol–water partition coefficient (Wildman–Crippen LogP) is 5.51. The second-order valence-electron chi connectivity index (χ2n) is 7.32. The maximum absolute atomic E-state index is 11.3. The van der Waals surface area contributed by atoms with Crippen molar-refractivity contribution in [1.29, 1.82) is 5.41 Å². The summed E-state index contributed by atoms with van der Waals surface area (Å²) < 4.78 is 31.8. The summed E-state index contributed by atoms with van der Waals surface area (Å²) in [4.78, 5) is 4.49. The first-order chi connectivity index (χ1) is 16.9. The van der Waals surface area contributed by atoms with Crippen LogP contribution in [-0.2, 0) is 10.1 Å². The van der Waals surface area contributed by atoms with E-state index in [0.29, 0.717) is 18.5 Å². The SMILES string of the molecule is N=C=S.NCCNc1cccc2c(S(=O)(=O)O)cccc12.c1ccc2nc3ccccc3cc2c1. The molecule has 9 heteroatoms. The molecule has 7 nitrogen and oxygen atoms in total. The first-order valence-corrected chi connectivity index (χ1v) is 12.5. The molecule has 0 aliphatic rings. The molecule has 0 spiro atoms. The third-order valence-electron chi connectivity index (χ3n) is 5.05. The highest BCUT2D eigenvalue weighted by atomic mass is 32.2. The van der Waals surface area contributed by atoms with Crippen molar-refractivity contribution in [3.8, 4) is 0 Å². The lowest BCUT2D eigenvalue weighted by Gasteiger charge is -2.10. The number of hydrogen-bond donors (Lipinski definition) is 4. The van der Waals surface area contributed by atoms with E-state index >= 15 is 0 Å². The summed E-state index contributed by atoms with van der Waals surface area (Å²) in [6.45, 7) is 1.07. The number of nitrogens with zero attached hydrogens (tertiary/aromatic N) is 1. The molecule has 5 N–H and O–H groups in total. The van der Waals surface area contributed by atoms with Gasteiger partial charge in [-0.25, -0.2) is 10.4 Å². The minimum absolute atomic E-state index is 0.0867. The molecule has 0 radical (unpaired) electrons. The molecule has 0 aliphatic heterocycles. The molecular formula is C26H24N4O3S2. The maximum atomic E-state index is 11.3. The number of nitrogens with two attached hydrogens (primary N) is 1. The maximum Gasteiger partial charge on any atom is 0.295 e. The molecule has 0 unspecified atom stereocenters. The van der Waals surface area contributed by atoms with E-state index in [4.69, 9.17) is 11.1 Å². The van der Waals surface area contributed by atoms with Gasteiger partial charge in [0.1, 0.15) is 4.90 Å². The minimum Gasteiger partial charge on any atom is -0.383 e. The Morgan fingerprint density at radius 3 is 2.00 bits per heavy atom. The fraction of sp³-hybridized carbons (Fsp3) is 0.0769. The Bertz CT molecular complexity index is 1490. The van der Waals surface area contributed by atoms with E-state index in [1.165, 1.54) is 16.8 Å².